The SMILES string of the molecule is Cl.Cl.O=C(NCC1(CN2CCOCC2)CCCCC1)C1CC(O)CN1. The molecule has 3 rings (SSSR count). The number of nitrogens with one attached hydrogen (secondary N) is 2. The molecule has 2 heterocycles. The summed E-state index contributed by atoms with van der Waals surface area (Å²) >= 11 is 0. The highest BCUT2D eigenvalue weighted by Gasteiger charge is 2.36. The molecule has 0 aromatic carbocycles. The maximum absolute atomic E-state index is 12.3. The number of carbonyl (C=O) groups excluding carboxylic acids is 1. The lowest BCUT2D eigenvalue weighted by Crippen LogP contribution is -2.51. The van der Waals surface area contributed by atoms with Crippen molar-refractivity contribution in [1.82, 2.24) is 15.5 Å². The summed E-state index contributed by atoms with van der Waals surface area (Å²) in [4.78, 5) is 14.8. The molecule has 25 heavy (non-hydrogen) atoms. The molecule has 2 aliphatic heterocycles. The third-order valence-corrected chi connectivity index (χ3v) is 5.64. The third-order valence-electron chi connectivity index (χ3n) is 5.64. The van der Waals surface area contributed by atoms with Gasteiger partial charge >= 0.3 is 0 Å². The lowest BCUT2D eigenvalue weighted by atomic mass is 9.73. The van der Waals surface area contributed by atoms with Crippen LogP contribution in [0.1, 0.15) is 38.5 Å². The zero-order valence-electron chi connectivity index (χ0n) is 14.9. The topological polar surface area (TPSA) is 73.8 Å². The fourth-order valence-electron chi connectivity index (χ4n) is 4.24. The number of halogens is 2. The Morgan fingerprint density at radius 3 is 2.48 bits per heavy atom. The molecule has 0 aromatic heterocycles. The van der Waals surface area contributed by atoms with Crippen molar-refractivity contribution in [1.29, 1.82) is 0 Å². The van der Waals surface area contributed by atoms with E-state index in [-0.39, 0.29) is 48.3 Å². The molecular weight excluding hydrogens is 365 g/mol. The molecule has 1 saturated carbocycles. The van der Waals surface area contributed by atoms with Crippen molar-refractivity contribution < 1.29 is 14.6 Å². The van der Waals surface area contributed by atoms with Crippen LogP contribution in [0, 0.1) is 5.41 Å². The summed E-state index contributed by atoms with van der Waals surface area (Å²) in [5.74, 6) is 0.0495. The molecule has 3 N–H and O–H groups in total. The monoisotopic (exact) mass is 397 g/mol. The lowest BCUT2D eigenvalue weighted by Gasteiger charge is -2.42. The maximum atomic E-state index is 12.3. The number of morpholine rings is 1. The van der Waals surface area contributed by atoms with Crippen molar-refractivity contribution in [2.45, 2.75) is 50.7 Å². The number of carbonyl (C=O) groups is 1. The Kier molecular flexibility index (Phi) is 10.00. The average Bonchev–Trinajstić information content (AvgIpc) is 3.01. The van der Waals surface area contributed by atoms with Crippen LogP contribution in [-0.4, -0.2) is 74.0 Å². The normalized spacial score (nSPS) is 29.3. The number of amides is 1. The van der Waals surface area contributed by atoms with Crippen LogP contribution in [0.2, 0.25) is 0 Å². The molecule has 1 amide bonds. The van der Waals surface area contributed by atoms with E-state index in [1.807, 2.05) is 0 Å². The lowest BCUT2D eigenvalue weighted by molar-refractivity contribution is -0.123. The van der Waals surface area contributed by atoms with Gasteiger partial charge in [-0.25, -0.2) is 0 Å². The summed E-state index contributed by atoms with van der Waals surface area (Å²) in [5.41, 5.74) is 0.211. The van der Waals surface area contributed by atoms with Crippen molar-refractivity contribution in [3.8, 4) is 0 Å². The number of aliphatic hydroxyl groups excluding tert-OH is 1. The molecule has 0 aromatic rings. The Hall–Kier alpha value is -0.110. The second-order valence-corrected chi connectivity index (χ2v) is 7.52. The molecule has 2 unspecified atom stereocenters. The van der Waals surface area contributed by atoms with E-state index in [9.17, 15) is 9.90 Å². The molecule has 0 spiro atoms. The zero-order chi connectivity index (χ0) is 16.1. The van der Waals surface area contributed by atoms with Gasteiger partial charge in [0.25, 0.3) is 0 Å². The number of hydrogen-bond acceptors (Lipinski definition) is 5. The number of ether oxygens (including phenoxy) is 1. The van der Waals surface area contributed by atoms with E-state index in [1.54, 1.807) is 0 Å². The first kappa shape index (κ1) is 22.9. The van der Waals surface area contributed by atoms with Gasteiger partial charge in [-0.05, 0) is 19.3 Å². The molecule has 1 aliphatic carbocycles. The highest BCUT2D eigenvalue weighted by atomic mass is 35.5. The van der Waals surface area contributed by atoms with Crippen LogP contribution in [0.5, 0.6) is 0 Å². The minimum absolute atomic E-state index is 0. The van der Waals surface area contributed by atoms with Gasteiger partial charge in [-0.15, -0.1) is 24.8 Å². The molecule has 2 atom stereocenters. The van der Waals surface area contributed by atoms with E-state index in [4.69, 9.17) is 4.74 Å². The fourth-order valence-corrected chi connectivity index (χ4v) is 4.24. The highest BCUT2D eigenvalue weighted by Crippen LogP contribution is 2.36. The van der Waals surface area contributed by atoms with Gasteiger partial charge in [0.05, 0.1) is 25.4 Å². The van der Waals surface area contributed by atoms with Crippen molar-refractivity contribution in [3.05, 3.63) is 0 Å². The minimum atomic E-state index is -0.386. The largest absolute Gasteiger partial charge is 0.392 e. The first-order valence-electron chi connectivity index (χ1n) is 9.16. The molecule has 0 radical (unpaired) electrons. The highest BCUT2D eigenvalue weighted by molar-refractivity contribution is 5.85. The smallest absolute Gasteiger partial charge is 0.237 e. The Morgan fingerprint density at radius 2 is 1.88 bits per heavy atom. The summed E-state index contributed by atoms with van der Waals surface area (Å²) in [7, 11) is 0. The Morgan fingerprint density at radius 1 is 1.20 bits per heavy atom. The minimum Gasteiger partial charge on any atom is -0.392 e. The Labute approximate surface area is 163 Å². The van der Waals surface area contributed by atoms with Gasteiger partial charge in [-0.3, -0.25) is 9.69 Å². The Bertz CT molecular complexity index is 403. The van der Waals surface area contributed by atoms with Crippen LogP contribution >= 0.6 is 24.8 Å². The number of hydrogen-bond donors (Lipinski definition) is 3. The van der Waals surface area contributed by atoms with Crippen LogP contribution in [0.4, 0.5) is 0 Å². The summed E-state index contributed by atoms with van der Waals surface area (Å²) in [6.07, 6.45) is 6.39. The Balaban J connectivity index is 0.00000156. The molecule has 2 saturated heterocycles. The first-order chi connectivity index (χ1) is 11.2. The fraction of sp³-hybridized carbons (Fsp3) is 0.941. The van der Waals surface area contributed by atoms with E-state index in [0.29, 0.717) is 13.0 Å². The van der Waals surface area contributed by atoms with Crippen LogP contribution < -0.4 is 10.6 Å². The molecule has 3 fully saturated rings. The van der Waals surface area contributed by atoms with Crippen LogP contribution in [-0.2, 0) is 9.53 Å². The van der Waals surface area contributed by atoms with E-state index in [2.05, 4.69) is 15.5 Å². The van der Waals surface area contributed by atoms with Gasteiger partial charge in [0.1, 0.15) is 0 Å². The van der Waals surface area contributed by atoms with Gasteiger partial charge < -0.3 is 20.5 Å². The molecule has 3 aliphatic rings. The van der Waals surface area contributed by atoms with E-state index >= 15 is 0 Å². The standard InChI is InChI=1S/C17H31N3O3.2ClH/c21-14-10-15(18-11-14)16(22)19-12-17(4-2-1-3-5-17)13-20-6-8-23-9-7-20;;/h14-15,18,21H,1-13H2,(H,19,22);2*1H. The first-order valence-corrected chi connectivity index (χ1v) is 9.16. The quantitative estimate of drug-likeness (QED) is 0.643. The van der Waals surface area contributed by atoms with Gasteiger partial charge in [0, 0.05) is 38.1 Å². The number of β-amino-alcohol motifs (C(OH)–C–C–N with tert-alkyl or cyclic N) is 1. The second-order valence-electron chi connectivity index (χ2n) is 7.52. The van der Waals surface area contributed by atoms with Crippen molar-refractivity contribution >= 4 is 30.7 Å². The summed E-state index contributed by atoms with van der Waals surface area (Å²) in [6.45, 7) is 6.02. The molecule has 0 bridgehead atoms. The summed E-state index contributed by atoms with van der Waals surface area (Å²) in [6, 6.07) is -0.228. The van der Waals surface area contributed by atoms with Gasteiger partial charge in [-0.2, -0.15) is 0 Å². The zero-order valence-corrected chi connectivity index (χ0v) is 16.5. The van der Waals surface area contributed by atoms with Crippen LogP contribution in [0.25, 0.3) is 0 Å². The summed E-state index contributed by atoms with van der Waals surface area (Å²) < 4.78 is 5.45. The van der Waals surface area contributed by atoms with Crippen LogP contribution in [0.3, 0.4) is 0 Å². The van der Waals surface area contributed by atoms with E-state index in [1.165, 1.54) is 32.1 Å². The van der Waals surface area contributed by atoms with Gasteiger partial charge in [0.15, 0.2) is 0 Å². The van der Waals surface area contributed by atoms with E-state index < -0.39 is 0 Å². The van der Waals surface area contributed by atoms with Gasteiger partial charge in [0.2, 0.25) is 5.91 Å². The molecule has 8 heteroatoms. The molecule has 6 nitrogen and oxygen atoms in total. The summed E-state index contributed by atoms with van der Waals surface area (Å²) in [5, 5.41) is 15.8. The number of rotatable bonds is 5. The predicted octanol–water partition coefficient (Wildman–Crippen LogP) is 0.952. The van der Waals surface area contributed by atoms with Gasteiger partial charge in [-0.1, -0.05) is 19.3 Å². The van der Waals surface area contributed by atoms with Crippen molar-refractivity contribution in [2.75, 3.05) is 45.9 Å². The predicted molar refractivity (Wildman–Crippen MR) is 103 cm³/mol. The number of aliphatic hydroxyl groups is 1. The average molecular weight is 398 g/mol. The second kappa shape index (κ2) is 10.9. The third kappa shape index (κ3) is 6.52. The van der Waals surface area contributed by atoms with E-state index in [0.717, 1.165) is 39.4 Å². The van der Waals surface area contributed by atoms with Crippen molar-refractivity contribution in [2.24, 2.45) is 5.41 Å². The van der Waals surface area contributed by atoms with Crippen LogP contribution in [0.15, 0.2) is 0 Å². The van der Waals surface area contributed by atoms with Crippen molar-refractivity contribution in [3.63, 3.8) is 0 Å². The number of nitrogens with zero attached hydrogens (tertiary/aromatic N) is 1. The maximum Gasteiger partial charge on any atom is 0.237 e. The molecular formula is C17H33Cl2N3O3. The molecule has 148 valence electrons.